The standard InChI is InChI=1S/C14H16N4O/c1-10-5-3-4-6-13(10)19-8-7-12-11(9-15)14(16)18(2)17-12/h3-6H,7-8,16H2,1-2H3. The van der Waals surface area contributed by atoms with E-state index in [9.17, 15) is 0 Å². The Morgan fingerprint density at radius 2 is 2.16 bits per heavy atom. The van der Waals surface area contributed by atoms with Crippen molar-refractivity contribution in [3.63, 3.8) is 0 Å². The van der Waals surface area contributed by atoms with Crippen LogP contribution >= 0.6 is 0 Å². The van der Waals surface area contributed by atoms with Gasteiger partial charge in [0.1, 0.15) is 23.2 Å². The number of nitrogen functional groups attached to an aromatic ring is 1. The number of rotatable bonds is 4. The van der Waals surface area contributed by atoms with Crippen LogP contribution in [-0.2, 0) is 13.5 Å². The van der Waals surface area contributed by atoms with E-state index in [2.05, 4.69) is 11.2 Å². The van der Waals surface area contributed by atoms with Gasteiger partial charge in [0.05, 0.1) is 12.3 Å². The van der Waals surface area contributed by atoms with Gasteiger partial charge in [-0.2, -0.15) is 10.4 Å². The fourth-order valence-corrected chi connectivity index (χ4v) is 1.87. The molecule has 0 fully saturated rings. The zero-order valence-electron chi connectivity index (χ0n) is 11.1. The van der Waals surface area contributed by atoms with E-state index >= 15 is 0 Å². The topological polar surface area (TPSA) is 76.9 Å². The Bertz CT molecular complexity index is 625. The molecular weight excluding hydrogens is 240 g/mol. The lowest BCUT2D eigenvalue weighted by molar-refractivity contribution is 0.318. The lowest BCUT2D eigenvalue weighted by Gasteiger charge is -2.07. The highest BCUT2D eigenvalue weighted by molar-refractivity contribution is 5.51. The van der Waals surface area contributed by atoms with Crippen LogP contribution in [0.2, 0.25) is 0 Å². The van der Waals surface area contributed by atoms with E-state index in [1.807, 2.05) is 31.2 Å². The van der Waals surface area contributed by atoms with Crippen LogP contribution in [0.3, 0.4) is 0 Å². The number of nitriles is 1. The molecule has 1 heterocycles. The van der Waals surface area contributed by atoms with Crippen LogP contribution in [-0.4, -0.2) is 16.4 Å². The summed E-state index contributed by atoms with van der Waals surface area (Å²) in [6, 6.07) is 9.90. The Balaban J connectivity index is 2.03. The first-order chi connectivity index (χ1) is 9.13. The molecule has 2 rings (SSSR count). The molecule has 0 aliphatic rings. The third-order valence-electron chi connectivity index (χ3n) is 2.97. The average Bonchev–Trinajstić information content (AvgIpc) is 2.67. The molecule has 0 amide bonds. The number of benzene rings is 1. The van der Waals surface area contributed by atoms with Crippen molar-refractivity contribution < 1.29 is 4.74 Å². The normalized spacial score (nSPS) is 10.2. The minimum Gasteiger partial charge on any atom is -0.493 e. The second-order valence-electron chi connectivity index (χ2n) is 4.31. The van der Waals surface area contributed by atoms with Crippen LogP contribution in [0.4, 0.5) is 5.82 Å². The zero-order valence-corrected chi connectivity index (χ0v) is 11.1. The highest BCUT2D eigenvalue weighted by Crippen LogP contribution is 2.18. The smallest absolute Gasteiger partial charge is 0.139 e. The minimum absolute atomic E-state index is 0.397. The molecule has 19 heavy (non-hydrogen) atoms. The maximum atomic E-state index is 9.05. The molecule has 2 N–H and O–H groups in total. The van der Waals surface area contributed by atoms with Crippen molar-refractivity contribution in [2.45, 2.75) is 13.3 Å². The molecule has 0 saturated heterocycles. The zero-order chi connectivity index (χ0) is 13.8. The number of nitrogens with zero attached hydrogens (tertiary/aromatic N) is 3. The van der Waals surface area contributed by atoms with Crippen molar-refractivity contribution in [1.82, 2.24) is 9.78 Å². The average molecular weight is 256 g/mol. The maximum absolute atomic E-state index is 9.05. The van der Waals surface area contributed by atoms with E-state index in [0.717, 1.165) is 11.3 Å². The third-order valence-corrected chi connectivity index (χ3v) is 2.97. The van der Waals surface area contributed by atoms with E-state index in [1.165, 1.54) is 4.68 Å². The van der Waals surface area contributed by atoms with Gasteiger partial charge >= 0.3 is 0 Å². The monoisotopic (exact) mass is 256 g/mol. The molecule has 0 saturated carbocycles. The summed E-state index contributed by atoms with van der Waals surface area (Å²) in [4.78, 5) is 0. The second kappa shape index (κ2) is 5.44. The molecule has 0 atom stereocenters. The molecule has 98 valence electrons. The van der Waals surface area contributed by atoms with Crippen molar-refractivity contribution in [3.05, 3.63) is 41.1 Å². The molecule has 0 unspecified atom stereocenters. The van der Waals surface area contributed by atoms with Crippen molar-refractivity contribution in [2.75, 3.05) is 12.3 Å². The van der Waals surface area contributed by atoms with Gasteiger partial charge in [-0.1, -0.05) is 18.2 Å². The molecule has 0 aliphatic heterocycles. The van der Waals surface area contributed by atoms with Gasteiger partial charge in [-0.25, -0.2) is 0 Å². The van der Waals surface area contributed by atoms with Gasteiger partial charge in [-0.15, -0.1) is 0 Å². The Morgan fingerprint density at radius 3 is 2.84 bits per heavy atom. The van der Waals surface area contributed by atoms with Gasteiger partial charge < -0.3 is 10.5 Å². The van der Waals surface area contributed by atoms with E-state index in [4.69, 9.17) is 15.7 Å². The summed E-state index contributed by atoms with van der Waals surface area (Å²) >= 11 is 0. The number of nitrogens with two attached hydrogens (primary N) is 1. The maximum Gasteiger partial charge on any atom is 0.139 e. The Hall–Kier alpha value is -2.48. The quantitative estimate of drug-likeness (QED) is 0.905. The fourth-order valence-electron chi connectivity index (χ4n) is 1.87. The summed E-state index contributed by atoms with van der Waals surface area (Å²) in [5.41, 5.74) is 7.96. The first kappa shape index (κ1) is 13.0. The number of anilines is 1. The first-order valence-electron chi connectivity index (χ1n) is 6.03. The van der Waals surface area contributed by atoms with Gasteiger partial charge in [0.15, 0.2) is 0 Å². The summed E-state index contributed by atoms with van der Waals surface area (Å²) in [6.45, 7) is 2.46. The highest BCUT2D eigenvalue weighted by atomic mass is 16.5. The molecule has 5 nitrogen and oxygen atoms in total. The lowest BCUT2D eigenvalue weighted by Crippen LogP contribution is -2.04. The van der Waals surface area contributed by atoms with Crippen molar-refractivity contribution in [1.29, 1.82) is 5.26 Å². The number of para-hydroxylation sites is 1. The summed E-state index contributed by atoms with van der Waals surface area (Å²) < 4.78 is 7.21. The van der Waals surface area contributed by atoms with Crippen molar-refractivity contribution in [2.24, 2.45) is 7.05 Å². The predicted octanol–water partition coefficient (Wildman–Crippen LogP) is 1.80. The van der Waals surface area contributed by atoms with E-state index in [-0.39, 0.29) is 0 Å². The van der Waals surface area contributed by atoms with Crippen molar-refractivity contribution >= 4 is 5.82 Å². The Labute approximate surface area is 112 Å². The third kappa shape index (κ3) is 2.68. The summed E-state index contributed by atoms with van der Waals surface area (Å²) in [5, 5.41) is 13.3. The number of ether oxygens (including phenoxy) is 1. The van der Waals surface area contributed by atoms with Gasteiger partial charge in [-0.05, 0) is 18.6 Å². The molecule has 0 bridgehead atoms. The molecule has 1 aromatic carbocycles. The van der Waals surface area contributed by atoms with Crippen LogP contribution in [0.5, 0.6) is 5.75 Å². The largest absolute Gasteiger partial charge is 0.493 e. The SMILES string of the molecule is Cc1ccccc1OCCc1nn(C)c(N)c1C#N. The first-order valence-corrected chi connectivity index (χ1v) is 6.03. The van der Waals surface area contributed by atoms with E-state index in [0.29, 0.717) is 30.1 Å². The second-order valence-corrected chi connectivity index (χ2v) is 4.31. The molecule has 0 spiro atoms. The van der Waals surface area contributed by atoms with Gasteiger partial charge in [0.2, 0.25) is 0 Å². The molecule has 0 radical (unpaired) electrons. The van der Waals surface area contributed by atoms with Crippen LogP contribution in [0.1, 0.15) is 16.8 Å². The van der Waals surface area contributed by atoms with Crippen LogP contribution in [0.25, 0.3) is 0 Å². The van der Waals surface area contributed by atoms with Crippen LogP contribution in [0, 0.1) is 18.3 Å². The minimum atomic E-state index is 0.397. The Kier molecular flexibility index (Phi) is 3.71. The van der Waals surface area contributed by atoms with E-state index in [1.54, 1.807) is 7.05 Å². The molecule has 0 aliphatic carbocycles. The number of aromatic nitrogens is 2. The Morgan fingerprint density at radius 1 is 1.42 bits per heavy atom. The highest BCUT2D eigenvalue weighted by Gasteiger charge is 2.13. The van der Waals surface area contributed by atoms with Gasteiger partial charge in [-0.3, -0.25) is 4.68 Å². The number of aryl methyl sites for hydroxylation is 2. The summed E-state index contributed by atoms with van der Waals surface area (Å²) in [5.74, 6) is 1.25. The molecule has 1 aromatic heterocycles. The fraction of sp³-hybridized carbons (Fsp3) is 0.286. The van der Waals surface area contributed by atoms with Gasteiger partial charge in [0.25, 0.3) is 0 Å². The summed E-state index contributed by atoms with van der Waals surface area (Å²) in [7, 11) is 1.72. The summed E-state index contributed by atoms with van der Waals surface area (Å²) in [6.07, 6.45) is 0.558. The molecular formula is C14H16N4O. The van der Waals surface area contributed by atoms with E-state index < -0.39 is 0 Å². The number of hydrogen-bond donors (Lipinski definition) is 1. The lowest BCUT2D eigenvalue weighted by atomic mass is 10.2. The molecule has 5 heteroatoms. The number of hydrogen-bond acceptors (Lipinski definition) is 4. The predicted molar refractivity (Wildman–Crippen MR) is 72.7 cm³/mol. The van der Waals surface area contributed by atoms with Crippen LogP contribution < -0.4 is 10.5 Å². The van der Waals surface area contributed by atoms with Gasteiger partial charge in [0, 0.05) is 13.5 Å². The van der Waals surface area contributed by atoms with Crippen molar-refractivity contribution in [3.8, 4) is 11.8 Å². The molecule has 2 aromatic rings. The van der Waals surface area contributed by atoms with Crippen LogP contribution in [0.15, 0.2) is 24.3 Å².